The summed E-state index contributed by atoms with van der Waals surface area (Å²) in [6, 6.07) is 9.84. The zero-order valence-corrected chi connectivity index (χ0v) is 12.2. The number of ether oxygens (including phenoxy) is 1. The zero-order chi connectivity index (χ0) is 14.4. The van der Waals surface area contributed by atoms with Crippen LogP contribution in [0.4, 0.5) is 0 Å². The first-order valence-corrected chi connectivity index (χ1v) is 7.38. The summed E-state index contributed by atoms with van der Waals surface area (Å²) in [4.78, 5) is 2.21. The van der Waals surface area contributed by atoms with E-state index in [0.29, 0.717) is 13.0 Å². The molecular weight excluding hydrogens is 254 g/mol. The Balaban J connectivity index is 1.58. The van der Waals surface area contributed by atoms with E-state index in [9.17, 15) is 10.2 Å². The number of likely N-dealkylation sites (tertiary alicyclic amines) is 1. The van der Waals surface area contributed by atoms with Gasteiger partial charge in [-0.15, -0.1) is 0 Å². The van der Waals surface area contributed by atoms with Crippen molar-refractivity contribution in [3.63, 3.8) is 0 Å². The smallest absolute Gasteiger partial charge is 0.119 e. The molecule has 1 aliphatic rings. The Kier molecular flexibility index (Phi) is 5.40. The molecule has 4 nitrogen and oxygen atoms in total. The maximum atomic E-state index is 9.90. The van der Waals surface area contributed by atoms with Crippen molar-refractivity contribution in [2.24, 2.45) is 0 Å². The number of para-hydroxylation sites is 1. The highest BCUT2D eigenvalue weighted by Gasteiger charge is 2.35. The van der Waals surface area contributed by atoms with Crippen molar-refractivity contribution in [3.8, 4) is 5.75 Å². The molecule has 2 atom stereocenters. The van der Waals surface area contributed by atoms with Gasteiger partial charge in [0.2, 0.25) is 0 Å². The van der Waals surface area contributed by atoms with Crippen molar-refractivity contribution in [1.29, 1.82) is 0 Å². The summed E-state index contributed by atoms with van der Waals surface area (Å²) in [7, 11) is 0. The number of β-amino-alcohol motifs (C(OH)–C–C–N with tert-alkyl or cyclic N) is 1. The predicted octanol–water partition coefficient (Wildman–Crippen LogP) is 1.66. The molecule has 2 rings (SSSR count). The molecule has 1 aromatic carbocycles. The van der Waals surface area contributed by atoms with E-state index in [2.05, 4.69) is 4.90 Å². The van der Waals surface area contributed by atoms with Gasteiger partial charge in [0.05, 0.1) is 18.3 Å². The molecule has 0 unspecified atom stereocenters. The molecule has 4 heteroatoms. The second-order valence-corrected chi connectivity index (χ2v) is 5.79. The van der Waals surface area contributed by atoms with E-state index in [-0.39, 0.29) is 0 Å². The molecule has 1 fully saturated rings. The molecule has 0 aromatic heterocycles. The lowest BCUT2D eigenvalue weighted by molar-refractivity contribution is -0.107. The number of aliphatic hydroxyl groups excluding tert-OH is 1. The second kappa shape index (κ2) is 7.07. The molecule has 20 heavy (non-hydrogen) atoms. The summed E-state index contributed by atoms with van der Waals surface area (Å²) in [6.07, 6.45) is 2.03. The first kappa shape index (κ1) is 15.3. The number of benzene rings is 1. The topological polar surface area (TPSA) is 52.9 Å². The molecule has 0 saturated carbocycles. The second-order valence-electron chi connectivity index (χ2n) is 5.79. The number of piperidine rings is 1. The third kappa shape index (κ3) is 4.47. The van der Waals surface area contributed by atoms with Crippen molar-refractivity contribution in [2.75, 3.05) is 26.2 Å². The Labute approximate surface area is 121 Å². The van der Waals surface area contributed by atoms with Gasteiger partial charge in [-0.2, -0.15) is 0 Å². The van der Waals surface area contributed by atoms with Gasteiger partial charge >= 0.3 is 0 Å². The molecule has 0 radical (unpaired) electrons. The maximum Gasteiger partial charge on any atom is 0.119 e. The average molecular weight is 279 g/mol. The molecule has 0 spiro atoms. The minimum absolute atomic E-state index is 0.562. The van der Waals surface area contributed by atoms with E-state index in [4.69, 9.17) is 4.74 Å². The lowest BCUT2D eigenvalue weighted by Crippen LogP contribution is -2.53. The lowest BCUT2D eigenvalue weighted by atomic mass is 9.91. The highest BCUT2D eigenvalue weighted by molar-refractivity contribution is 5.20. The van der Waals surface area contributed by atoms with Crippen molar-refractivity contribution in [1.82, 2.24) is 4.90 Å². The first-order chi connectivity index (χ1) is 9.58. The molecular formula is C16H25NO3. The third-order valence-corrected chi connectivity index (χ3v) is 3.96. The van der Waals surface area contributed by atoms with Crippen LogP contribution in [-0.4, -0.2) is 53.1 Å². The van der Waals surface area contributed by atoms with Crippen LogP contribution < -0.4 is 4.74 Å². The molecule has 1 aliphatic heterocycles. The van der Waals surface area contributed by atoms with Crippen molar-refractivity contribution < 1.29 is 14.9 Å². The van der Waals surface area contributed by atoms with E-state index < -0.39 is 11.7 Å². The quantitative estimate of drug-likeness (QED) is 0.778. The first-order valence-electron chi connectivity index (χ1n) is 7.38. The Hall–Kier alpha value is -1.10. The van der Waals surface area contributed by atoms with Gasteiger partial charge in [0, 0.05) is 13.1 Å². The van der Waals surface area contributed by atoms with E-state index in [0.717, 1.165) is 38.3 Å². The lowest BCUT2D eigenvalue weighted by Gasteiger charge is -2.39. The molecule has 1 heterocycles. The summed E-state index contributed by atoms with van der Waals surface area (Å²) in [6.45, 7) is 4.79. The van der Waals surface area contributed by atoms with Crippen LogP contribution in [0.5, 0.6) is 5.75 Å². The normalized spacial score (nSPS) is 27.4. The highest BCUT2D eigenvalue weighted by atomic mass is 16.5. The van der Waals surface area contributed by atoms with Gasteiger partial charge in [-0.05, 0) is 44.9 Å². The molecule has 0 aliphatic carbocycles. The number of aliphatic hydroxyl groups is 2. The number of hydrogen-bond donors (Lipinski definition) is 2. The molecule has 112 valence electrons. The van der Waals surface area contributed by atoms with Crippen LogP contribution in [0, 0.1) is 0 Å². The Morgan fingerprint density at radius 1 is 1.30 bits per heavy atom. The summed E-state index contributed by atoms with van der Waals surface area (Å²) in [5, 5.41) is 19.7. The third-order valence-electron chi connectivity index (χ3n) is 3.96. The minimum Gasteiger partial charge on any atom is -0.494 e. The van der Waals surface area contributed by atoms with Crippen LogP contribution in [0.15, 0.2) is 30.3 Å². The van der Waals surface area contributed by atoms with Gasteiger partial charge in [0.15, 0.2) is 0 Å². The van der Waals surface area contributed by atoms with Crippen LogP contribution in [0.3, 0.4) is 0 Å². The van der Waals surface area contributed by atoms with Crippen LogP contribution in [0.25, 0.3) is 0 Å². The van der Waals surface area contributed by atoms with Crippen LogP contribution in [0.2, 0.25) is 0 Å². The van der Waals surface area contributed by atoms with Crippen LogP contribution >= 0.6 is 0 Å². The van der Waals surface area contributed by atoms with Crippen LogP contribution in [0.1, 0.15) is 26.2 Å². The monoisotopic (exact) mass is 279 g/mol. The number of rotatable bonds is 6. The summed E-state index contributed by atoms with van der Waals surface area (Å²) in [5.41, 5.74) is -0.924. The SMILES string of the molecule is C[C@]1(O)CCN(CCCCOc2ccccc2)C[C@@H]1O. The number of nitrogens with zero attached hydrogens (tertiary/aromatic N) is 1. The molecule has 1 saturated heterocycles. The average Bonchev–Trinajstić information content (AvgIpc) is 2.44. The van der Waals surface area contributed by atoms with Crippen molar-refractivity contribution >= 4 is 0 Å². The van der Waals surface area contributed by atoms with Crippen molar-refractivity contribution in [2.45, 2.75) is 37.9 Å². The van der Waals surface area contributed by atoms with Gasteiger partial charge in [0.25, 0.3) is 0 Å². The number of unbranched alkanes of at least 4 members (excludes halogenated alkanes) is 1. The Morgan fingerprint density at radius 3 is 2.75 bits per heavy atom. The van der Waals surface area contributed by atoms with E-state index in [1.807, 2.05) is 30.3 Å². The minimum atomic E-state index is -0.924. The molecule has 2 N–H and O–H groups in total. The predicted molar refractivity (Wildman–Crippen MR) is 78.9 cm³/mol. The Bertz CT molecular complexity index is 394. The van der Waals surface area contributed by atoms with E-state index >= 15 is 0 Å². The van der Waals surface area contributed by atoms with Gasteiger partial charge < -0.3 is 19.8 Å². The van der Waals surface area contributed by atoms with Gasteiger partial charge in [-0.3, -0.25) is 0 Å². The fraction of sp³-hybridized carbons (Fsp3) is 0.625. The summed E-state index contributed by atoms with van der Waals surface area (Å²) >= 11 is 0. The zero-order valence-electron chi connectivity index (χ0n) is 12.2. The van der Waals surface area contributed by atoms with Crippen molar-refractivity contribution in [3.05, 3.63) is 30.3 Å². The highest BCUT2D eigenvalue weighted by Crippen LogP contribution is 2.22. The maximum absolute atomic E-state index is 9.90. The largest absolute Gasteiger partial charge is 0.494 e. The summed E-state index contributed by atoms with van der Waals surface area (Å²) in [5.74, 6) is 0.914. The van der Waals surface area contributed by atoms with Crippen LogP contribution in [-0.2, 0) is 0 Å². The Morgan fingerprint density at radius 2 is 2.05 bits per heavy atom. The molecule has 0 bridgehead atoms. The fourth-order valence-corrected chi connectivity index (χ4v) is 2.43. The molecule has 0 amide bonds. The van der Waals surface area contributed by atoms with E-state index in [1.165, 1.54) is 0 Å². The van der Waals surface area contributed by atoms with Gasteiger partial charge in [0.1, 0.15) is 5.75 Å². The molecule has 1 aromatic rings. The number of hydrogen-bond acceptors (Lipinski definition) is 4. The van der Waals surface area contributed by atoms with Gasteiger partial charge in [-0.1, -0.05) is 18.2 Å². The summed E-state index contributed by atoms with van der Waals surface area (Å²) < 4.78 is 5.64. The van der Waals surface area contributed by atoms with Gasteiger partial charge in [-0.25, -0.2) is 0 Å². The standard InChI is InChI=1S/C16H25NO3/c1-16(19)9-11-17(13-15(16)18)10-5-6-12-20-14-7-3-2-4-8-14/h2-4,7-8,15,18-19H,5-6,9-13H2,1H3/t15-,16-/m0/s1. The fourth-order valence-electron chi connectivity index (χ4n) is 2.43. The van der Waals surface area contributed by atoms with E-state index in [1.54, 1.807) is 6.92 Å².